The van der Waals surface area contributed by atoms with E-state index in [-0.39, 0.29) is 50.8 Å². The second-order valence-corrected chi connectivity index (χ2v) is 9.32. The highest BCUT2D eigenvalue weighted by atomic mass is 16.6. The number of carbonyl (C=O) groups excluding carboxylic acids is 2. The van der Waals surface area contributed by atoms with Gasteiger partial charge in [-0.2, -0.15) is 0 Å². The highest BCUT2D eigenvalue weighted by Gasteiger charge is 2.05. The molecule has 45 heavy (non-hydrogen) atoms. The second-order valence-electron chi connectivity index (χ2n) is 9.32. The molecule has 1 amide bonds. The quantitative estimate of drug-likeness (QED) is 0.0627. The highest BCUT2D eigenvalue weighted by Crippen LogP contribution is 2.01. The molecule has 0 aromatic rings. The summed E-state index contributed by atoms with van der Waals surface area (Å²) in [6, 6.07) is 0. The van der Waals surface area contributed by atoms with Crippen LogP contribution in [-0.4, -0.2) is 153 Å². The van der Waals surface area contributed by atoms with E-state index in [4.69, 9.17) is 52.8 Å². The zero-order chi connectivity index (χ0) is 33.1. The van der Waals surface area contributed by atoms with E-state index in [0.29, 0.717) is 125 Å². The average Bonchev–Trinajstić information content (AvgIpc) is 3.01. The maximum Gasteiger partial charge on any atom is 0.305 e. The standard InChI is InChI=1S/C29H53NO15/c31-26(6-7-28(34)35)30-8-3-9-37-10-11-38-12-13-39-14-15-40-16-17-41-18-19-42-20-21-43-22-23-44-24-25-45-29(36)5-2-1-4-27(32)33/h1-25H2,(H,30,31)(H,32,33)(H,34,35). The molecule has 0 rings (SSSR count). The lowest BCUT2D eigenvalue weighted by molar-refractivity contribution is -0.146. The first kappa shape index (κ1) is 42.6. The fourth-order valence-corrected chi connectivity index (χ4v) is 3.18. The lowest BCUT2D eigenvalue weighted by atomic mass is 10.2. The summed E-state index contributed by atoms with van der Waals surface area (Å²) >= 11 is 0. The number of rotatable bonds is 36. The SMILES string of the molecule is O=C(O)CCCCC(=O)OCCOCCOCCOCCOCCOCCOCCOCCOCCCNC(=O)CCC(=O)O. The summed E-state index contributed by atoms with van der Waals surface area (Å²) in [5.74, 6) is -2.49. The minimum absolute atomic E-state index is 0.0176. The van der Waals surface area contributed by atoms with Crippen LogP contribution in [0.4, 0.5) is 0 Å². The molecule has 0 atom stereocenters. The highest BCUT2D eigenvalue weighted by molar-refractivity contribution is 5.80. The van der Waals surface area contributed by atoms with Crippen molar-refractivity contribution in [1.29, 1.82) is 0 Å². The van der Waals surface area contributed by atoms with Crippen molar-refractivity contribution in [2.45, 2.75) is 44.9 Å². The molecule has 0 aliphatic carbocycles. The zero-order valence-corrected chi connectivity index (χ0v) is 26.4. The van der Waals surface area contributed by atoms with Crippen molar-refractivity contribution < 1.29 is 72.0 Å². The molecule has 0 aromatic carbocycles. The molecule has 0 heterocycles. The van der Waals surface area contributed by atoms with Gasteiger partial charge in [-0.25, -0.2) is 0 Å². The maximum atomic E-state index is 11.5. The van der Waals surface area contributed by atoms with Crippen LogP contribution in [0.2, 0.25) is 0 Å². The van der Waals surface area contributed by atoms with Crippen LogP contribution in [-0.2, 0) is 61.8 Å². The van der Waals surface area contributed by atoms with Crippen molar-refractivity contribution in [2.75, 3.05) is 119 Å². The third-order valence-corrected chi connectivity index (χ3v) is 5.47. The maximum absolute atomic E-state index is 11.5. The molecule has 16 nitrogen and oxygen atoms in total. The Balaban J connectivity index is 3.14. The Kier molecular flexibility index (Phi) is 32.6. The van der Waals surface area contributed by atoms with Gasteiger partial charge in [0.25, 0.3) is 0 Å². The molecular formula is C29H53NO15. The molecule has 16 heteroatoms. The Hall–Kier alpha value is -2.44. The van der Waals surface area contributed by atoms with Gasteiger partial charge >= 0.3 is 17.9 Å². The second kappa shape index (κ2) is 34.4. The number of carboxylic acids is 2. The van der Waals surface area contributed by atoms with Gasteiger partial charge in [-0.05, 0) is 19.3 Å². The van der Waals surface area contributed by atoms with Crippen LogP contribution < -0.4 is 5.32 Å². The fourth-order valence-electron chi connectivity index (χ4n) is 3.18. The minimum atomic E-state index is -0.990. The van der Waals surface area contributed by atoms with Crippen LogP contribution in [0.15, 0.2) is 0 Å². The molecular weight excluding hydrogens is 602 g/mol. The first-order valence-corrected chi connectivity index (χ1v) is 15.4. The van der Waals surface area contributed by atoms with Crippen molar-refractivity contribution in [3.05, 3.63) is 0 Å². The van der Waals surface area contributed by atoms with Crippen molar-refractivity contribution in [1.82, 2.24) is 5.32 Å². The first-order chi connectivity index (χ1) is 21.9. The summed E-state index contributed by atoms with van der Waals surface area (Å²) in [5, 5.41) is 19.7. The number of unbranched alkanes of at least 4 members (excludes halogenated alkanes) is 1. The van der Waals surface area contributed by atoms with Crippen molar-refractivity contribution >= 4 is 23.8 Å². The number of carbonyl (C=O) groups is 4. The molecule has 0 fully saturated rings. The van der Waals surface area contributed by atoms with Gasteiger partial charge in [0.1, 0.15) is 6.61 Å². The summed E-state index contributed by atoms with van der Waals surface area (Å²) in [5.41, 5.74) is 0. The molecule has 0 aliphatic rings. The van der Waals surface area contributed by atoms with Crippen LogP contribution in [0.25, 0.3) is 0 Å². The third kappa shape index (κ3) is 37.7. The van der Waals surface area contributed by atoms with E-state index in [1.54, 1.807) is 0 Å². The van der Waals surface area contributed by atoms with Gasteiger partial charge < -0.3 is 58.2 Å². The molecule has 264 valence electrons. The van der Waals surface area contributed by atoms with Gasteiger partial charge in [-0.15, -0.1) is 0 Å². The Morgan fingerprint density at radius 3 is 1.16 bits per heavy atom. The van der Waals surface area contributed by atoms with Crippen LogP contribution >= 0.6 is 0 Å². The van der Waals surface area contributed by atoms with Crippen molar-refractivity contribution in [3.8, 4) is 0 Å². The predicted octanol–water partition coefficient (Wildman–Crippen LogP) is 0.679. The van der Waals surface area contributed by atoms with Crippen LogP contribution in [0.3, 0.4) is 0 Å². The number of nitrogens with one attached hydrogen (secondary N) is 1. The number of hydrogen-bond acceptors (Lipinski definition) is 13. The Labute approximate surface area is 265 Å². The molecule has 0 bridgehead atoms. The number of carboxylic acid groups (broad SMARTS) is 2. The number of amides is 1. The third-order valence-electron chi connectivity index (χ3n) is 5.47. The Morgan fingerprint density at radius 2 is 0.756 bits per heavy atom. The summed E-state index contributed by atoms with van der Waals surface area (Å²) in [4.78, 5) is 43.6. The van der Waals surface area contributed by atoms with E-state index in [1.807, 2.05) is 0 Å². The number of hydrogen-bond donors (Lipinski definition) is 3. The summed E-state index contributed by atoms with van der Waals surface area (Å²) in [6.07, 6.45) is 1.66. The molecule has 0 saturated carbocycles. The Morgan fingerprint density at radius 1 is 0.400 bits per heavy atom. The van der Waals surface area contributed by atoms with E-state index < -0.39 is 11.9 Å². The largest absolute Gasteiger partial charge is 0.481 e. The van der Waals surface area contributed by atoms with E-state index in [2.05, 4.69) is 5.32 Å². The van der Waals surface area contributed by atoms with Gasteiger partial charge in [0.05, 0.1) is 106 Å². The van der Waals surface area contributed by atoms with E-state index >= 15 is 0 Å². The van der Waals surface area contributed by atoms with Gasteiger partial charge in [-0.1, -0.05) is 0 Å². The molecule has 0 unspecified atom stereocenters. The van der Waals surface area contributed by atoms with Gasteiger partial charge in [0, 0.05) is 32.4 Å². The van der Waals surface area contributed by atoms with E-state index in [1.165, 1.54) is 0 Å². The van der Waals surface area contributed by atoms with Crippen molar-refractivity contribution in [3.63, 3.8) is 0 Å². The fraction of sp³-hybridized carbons (Fsp3) is 0.862. The summed E-state index contributed by atoms with van der Waals surface area (Å²) < 4.78 is 48.2. The van der Waals surface area contributed by atoms with Gasteiger partial charge in [0.15, 0.2) is 0 Å². The molecule has 0 radical (unpaired) electrons. The first-order valence-electron chi connectivity index (χ1n) is 15.4. The number of esters is 1. The topological polar surface area (TPSA) is 204 Å². The monoisotopic (exact) mass is 655 g/mol. The van der Waals surface area contributed by atoms with Crippen molar-refractivity contribution in [2.24, 2.45) is 0 Å². The minimum Gasteiger partial charge on any atom is -0.481 e. The number of aliphatic carboxylic acids is 2. The molecule has 0 aliphatic heterocycles. The van der Waals surface area contributed by atoms with E-state index in [0.717, 1.165) is 0 Å². The summed E-state index contributed by atoms with van der Waals surface area (Å²) in [7, 11) is 0. The van der Waals surface area contributed by atoms with Gasteiger partial charge in [0.2, 0.25) is 5.91 Å². The Bertz CT molecular complexity index is 726. The molecule has 0 saturated heterocycles. The normalized spacial score (nSPS) is 11.0. The molecule has 0 aromatic heterocycles. The van der Waals surface area contributed by atoms with Crippen LogP contribution in [0.1, 0.15) is 44.9 Å². The van der Waals surface area contributed by atoms with Crippen LogP contribution in [0, 0.1) is 0 Å². The number of ether oxygens (including phenoxy) is 9. The lowest BCUT2D eigenvalue weighted by Crippen LogP contribution is -2.25. The lowest BCUT2D eigenvalue weighted by Gasteiger charge is -2.09. The average molecular weight is 656 g/mol. The van der Waals surface area contributed by atoms with Crippen LogP contribution in [0.5, 0.6) is 0 Å². The molecule has 3 N–H and O–H groups in total. The zero-order valence-electron chi connectivity index (χ0n) is 26.4. The van der Waals surface area contributed by atoms with E-state index in [9.17, 15) is 19.2 Å². The van der Waals surface area contributed by atoms with Gasteiger partial charge in [-0.3, -0.25) is 19.2 Å². The molecule has 0 spiro atoms. The summed E-state index contributed by atoms with van der Waals surface area (Å²) in [6.45, 7) is 7.50. The smallest absolute Gasteiger partial charge is 0.305 e. The predicted molar refractivity (Wildman–Crippen MR) is 158 cm³/mol.